The summed E-state index contributed by atoms with van der Waals surface area (Å²) in [7, 11) is 4.12. The van der Waals surface area contributed by atoms with Gasteiger partial charge in [-0.25, -0.2) is 0 Å². The number of carboxylic acids is 1. The summed E-state index contributed by atoms with van der Waals surface area (Å²) in [5.74, 6) is -0.0172. The molecule has 1 aromatic carbocycles. The Balaban J connectivity index is 2.12. The molecular formula is C21H25NO3S. The first-order valence-electron chi connectivity index (χ1n) is 8.73. The molecule has 2 heterocycles. The van der Waals surface area contributed by atoms with Crippen molar-refractivity contribution in [2.75, 3.05) is 20.6 Å². The highest BCUT2D eigenvalue weighted by atomic mass is 32.1. The van der Waals surface area contributed by atoms with Crippen LogP contribution in [0, 0.1) is 0 Å². The van der Waals surface area contributed by atoms with E-state index in [1.807, 2.05) is 18.2 Å². The number of carbonyl (C=O) groups is 1. The van der Waals surface area contributed by atoms with Crippen LogP contribution in [-0.4, -0.2) is 36.6 Å². The summed E-state index contributed by atoms with van der Waals surface area (Å²) in [5.41, 5.74) is 3.14. The van der Waals surface area contributed by atoms with Crippen LogP contribution in [0.1, 0.15) is 41.8 Å². The minimum Gasteiger partial charge on any atom is -0.488 e. The maximum atomic E-state index is 11.7. The molecule has 5 heteroatoms. The smallest absolute Gasteiger partial charge is 0.313 e. The van der Waals surface area contributed by atoms with Crippen LogP contribution in [0.5, 0.6) is 5.75 Å². The van der Waals surface area contributed by atoms with Crippen molar-refractivity contribution in [2.24, 2.45) is 0 Å². The van der Waals surface area contributed by atoms with Gasteiger partial charge in [0.15, 0.2) is 0 Å². The summed E-state index contributed by atoms with van der Waals surface area (Å²) in [6, 6.07) is 7.86. The normalized spacial score (nSPS) is 15.3. The van der Waals surface area contributed by atoms with Gasteiger partial charge in [0.1, 0.15) is 12.4 Å². The van der Waals surface area contributed by atoms with E-state index in [1.54, 1.807) is 25.2 Å². The van der Waals surface area contributed by atoms with E-state index in [0.29, 0.717) is 6.61 Å². The third kappa shape index (κ3) is 3.55. The molecule has 0 unspecified atom stereocenters. The number of rotatable bonds is 5. The van der Waals surface area contributed by atoms with E-state index in [4.69, 9.17) is 4.74 Å². The van der Waals surface area contributed by atoms with Crippen LogP contribution >= 0.6 is 11.3 Å². The van der Waals surface area contributed by atoms with Crippen molar-refractivity contribution in [1.29, 1.82) is 0 Å². The van der Waals surface area contributed by atoms with Gasteiger partial charge in [-0.15, -0.1) is 11.3 Å². The summed E-state index contributed by atoms with van der Waals surface area (Å²) in [6.45, 7) is 4.97. The van der Waals surface area contributed by atoms with Gasteiger partial charge in [-0.3, -0.25) is 4.79 Å². The third-order valence-electron chi connectivity index (χ3n) is 4.83. The second-order valence-electron chi connectivity index (χ2n) is 7.41. The first kappa shape index (κ1) is 18.7. The number of hydrogen-bond donors (Lipinski definition) is 1. The molecule has 0 atom stereocenters. The predicted molar refractivity (Wildman–Crippen MR) is 106 cm³/mol. The largest absolute Gasteiger partial charge is 0.488 e. The average Bonchev–Trinajstić information content (AvgIpc) is 2.99. The highest BCUT2D eigenvalue weighted by molar-refractivity contribution is 7.11. The lowest BCUT2D eigenvalue weighted by molar-refractivity contribution is -0.142. The van der Waals surface area contributed by atoms with Crippen LogP contribution < -0.4 is 4.74 Å². The molecule has 4 nitrogen and oxygen atoms in total. The number of thiophene rings is 1. The molecular weight excluding hydrogens is 346 g/mol. The molecule has 1 N–H and O–H groups in total. The van der Waals surface area contributed by atoms with Crippen molar-refractivity contribution in [3.05, 3.63) is 57.3 Å². The lowest BCUT2D eigenvalue weighted by atomic mass is 9.83. The lowest BCUT2D eigenvalue weighted by Crippen LogP contribution is -2.28. The lowest BCUT2D eigenvalue weighted by Gasteiger charge is -2.22. The maximum absolute atomic E-state index is 11.7. The van der Waals surface area contributed by atoms with Gasteiger partial charge in [-0.05, 0) is 69.1 Å². The zero-order valence-electron chi connectivity index (χ0n) is 15.7. The van der Waals surface area contributed by atoms with Gasteiger partial charge in [0.25, 0.3) is 0 Å². The van der Waals surface area contributed by atoms with E-state index in [9.17, 15) is 9.90 Å². The van der Waals surface area contributed by atoms with Crippen LogP contribution in [0.2, 0.25) is 0 Å². The number of ether oxygens (including phenoxy) is 1. The van der Waals surface area contributed by atoms with Crippen molar-refractivity contribution in [1.82, 2.24) is 4.90 Å². The molecule has 0 bridgehead atoms. The van der Waals surface area contributed by atoms with Gasteiger partial charge in [0, 0.05) is 22.5 Å². The first-order valence-corrected chi connectivity index (χ1v) is 9.61. The number of fused-ring (bicyclic) bond motifs is 2. The summed E-state index contributed by atoms with van der Waals surface area (Å²) in [4.78, 5) is 15.1. The van der Waals surface area contributed by atoms with E-state index in [1.165, 1.54) is 10.4 Å². The molecule has 138 valence electrons. The molecule has 0 saturated heterocycles. The maximum Gasteiger partial charge on any atom is 0.313 e. The zero-order valence-corrected chi connectivity index (χ0v) is 16.5. The minimum absolute atomic E-state index is 0.540. The second-order valence-corrected chi connectivity index (χ2v) is 8.33. The molecule has 0 aliphatic carbocycles. The Morgan fingerprint density at radius 2 is 2.12 bits per heavy atom. The Bertz CT molecular complexity index is 849. The van der Waals surface area contributed by atoms with Crippen molar-refractivity contribution < 1.29 is 14.6 Å². The molecule has 3 rings (SSSR count). The molecule has 2 aromatic rings. The standard InChI is InChI=1S/C21H25NO3S/c1-21(2,20(23)24)15-7-8-18-17(12-15)16(6-5-10-22(3)4)19-14(13-25-18)9-11-26-19/h6-9,11-12H,5,10,13H2,1-4H3,(H,23,24)/b16-6+. The topological polar surface area (TPSA) is 49.8 Å². The van der Waals surface area contributed by atoms with E-state index in [-0.39, 0.29) is 0 Å². The van der Waals surface area contributed by atoms with Gasteiger partial charge in [0.05, 0.1) is 5.41 Å². The summed E-state index contributed by atoms with van der Waals surface area (Å²) in [5, 5.41) is 11.7. The van der Waals surface area contributed by atoms with Crippen molar-refractivity contribution in [3.8, 4) is 5.75 Å². The first-order chi connectivity index (χ1) is 12.3. The average molecular weight is 372 g/mol. The fraction of sp³-hybridized carbons (Fsp3) is 0.381. The number of aliphatic carboxylic acids is 1. The van der Waals surface area contributed by atoms with Gasteiger partial charge in [-0.2, -0.15) is 0 Å². The summed E-state index contributed by atoms with van der Waals surface area (Å²) < 4.78 is 6.03. The van der Waals surface area contributed by atoms with Crippen LogP contribution in [0.4, 0.5) is 0 Å². The predicted octanol–water partition coefficient (Wildman–Crippen LogP) is 4.39. The monoisotopic (exact) mass is 371 g/mol. The van der Waals surface area contributed by atoms with Gasteiger partial charge in [-0.1, -0.05) is 12.1 Å². The van der Waals surface area contributed by atoms with Crippen LogP contribution in [-0.2, 0) is 16.8 Å². The molecule has 0 spiro atoms. The molecule has 0 amide bonds. The molecule has 0 saturated carbocycles. The van der Waals surface area contributed by atoms with E-state index in [2.05, 4.69) is 36.5 Å². The number of nitrogens with zero attached hydrogens (tertiary/aromatic N) is 1. The second kappa shape index (κ2) is 7.25. The van der Waals surface area contributed by atoms with E-state index in [0.717, 1.165) is 35.4 Å². The van der Waals surface area contributed by atoms with Crippen LogP contribution in [0.15, 0.2) is 35.7 Å². The van der Waals surface area contributed by atoms with E-state index >= 15 is 0 Å². The zero-order chi connectivity index (χ0) is 18.9. The Morgan fingerprint density at radius 1 is 1.35 bits per heavy atom. The van der Waals surface area contributed by atoms with Gasteiger partial charge in [0.2, 0.25) is 0 Å². The molecule has 26 heavy (non-hydrogen) atoms. The van der Waals surface area contributed by atoms with Gasteiger partial charge >= 0.3 is 5.97 Å². The Hall–Kier alpha value is -2.11. The molecule has 0 fully saturated rings. The minimum atomic E-state index is -0.950. The molecule has 0 radical (unpaired) electrons. The number of carboxylic acid groups (broad SMARTS) is 1. The van der Waals surface area contributed by atoms with Gasteiger partial charge < -0.3 is 14.7 Å². The molecule has 1 aliphatic heterocycles. The third-order valence-corrected chi connectivity index (χ3v) is 5.82. The molecule has 1 aliphatic rings. The van der Waals surface area contributed by atoms with Crippen molar-refractivity contribution in [2.45, 2.75) is 32.3 Å². The van der Waals surface area contributed by atoms with Crippen molar-refractivity contribution in [3.63, 3.8) is 0 Å². The Morgan fingerprint density at radius 3 is 2.81 bits per heavy atom. The SMILES string of the molecule is CN(C)CC/C=C1\c2cc(C(C)(C)C(=O)O)ccc2OCc2ccsc21. The summed E-state index contributed by atoms with van der Waals surface area (Å²) in [6.07, 6.45) is 3.17. The summed E-state index contributed by atoms with van der Waals surface area (Å²) >= 11 is 1.71. The van der Waals surface area contributed by atoms with E-state index < -0.39 is 11.4 Å². The Labute approximate surface area is 158 Å². The van der Waals surface area contributed by atoms with Crippen LogP contribution in [0.25, 0.3) is 5.57 Å². The van der Waals surface area contributed by atoms with Crippen LogP contribution in [0.3, 0.4) is 0 Å². The number of hydrogen-bond acceptors (Lipinski definition) is 4. The quantitative estimate of drug-likeness (QED) is 0.847. The molecule has 1 aromatic heterocycles. The fourth-order valence-electron chi connectivity index (χ4n) is 3.01. The Kier molecular flexibility index (Phi) is 5.21. The number of benzene rings is 1. The highest BCUT2D eigenvalue weighted by Gasteiger charge is 2.31. The highest BCUT2D eigenvalue weighted by Crippen LogP contribution is 2.41. The fourth-order valence-corrected chi connectivity index (χ4v) is 3.98. The van der Waals surface area contributed by atoms with Crippen molar-refractivity contribution >= 4 is 22.9 Å².